The molecule has 3 aromatic rings. The summed E-state index contributed by atoms with van der Waals surface area (Å²) in [6.07, 6.45) is -5.12. The maximum absolute atomic E-state index is 13.7. The Morgan fingerprint density at radius 1 is 1.05 bits per heavy atom. The predicted octanol–water partition coefficient (Wildman–Crippen LogP) is 7.65. The fourth-order valence-electron chi connectivity index (χ4n) is 6.14. The van der Waals surface area contributed by atoms with Crippen LogP contribution in [0.4, 0.5) is 42.8 Å². The third-order valence-corrected chi connectivity index (χ3v) is 8.21. The number of aromatic amines is 1. The quantitative estimate of drug-likeness (QED) is 0.259. The Balaban J connectivity index is 1.56. The van der Waals surface area contributed by atoms with E-state index in [0.717, 1.165) is 43.2 Å². The van der Waals surface area contributed by atoms with Crippen LogP contribution in [0.2, 0.25) is 0 Å². The maximum Gasteiger partial charge on any atom is 0.416 e. The smallest absolute Gasteiger partial charge is 0.416 e. The Bertz CT molecular complexity index is 1430. The summed E-state index contributed by atoms with van der Waals surface area (Å²) in [6, 6.07) is 4.90. The third-order valence-electron chi connectivity index (χ3n) is 8.21. The summed E-state index contributed by atoms with van der Waals surface area (Å²) < 4.78 is 87.8. The summed E-state index contributed by atoms with van der Waals surface area (Å²) in [5, 5.41) is 14.1. The number of tetrazole rings is 1. The molecule has 2 unspecified atom stereocenters. The Kier molecular flexibility index (Phi) is 9.07. The van der Waals surface area contributed by atoms with Crippen LogP contribution in [0.15, 0.2) is 30.3 Å². The number of carbonyl (C=O) groups is 1. The zero-order chi connectivity index (χ0) is 31.6. The number of aryl methyl sites for hydroxylation is 2. The summed E-state index contributed by atoms with van der Waals surface area (Å²) >= 11 is 0. The molecule has 5 rings (SSSR count). The predicted molar refractivity (Wildman–Crippen MR) is 150 cm³/mol. The minimum absolute atomic E-state index is 0.0110. The van der Waals surface area contributed by atoms with E-state index in [9.17, 15) is 31.1 Å². The molecule has 0 bridgehead atoms. The molecule has 0 spiro atoms. The lowest BCUT2D eigenvalue weighted by Gasteiger charge is -2.32. The molecule has 1 aliphatic heterocycles. The molecule has 0 saturated carbocycles. The van der Waals surface area contributed by atoms with Gasteiger partial charge in [0.25, 0.3) is 5.95 Å². The van der Waals surface area contributed by atoms with Crippen LogP contribution in [-0.4, -0.2) is 39.9 Å². The fourth-order valence-corrected chi connectivity index (χ4v) is 6.14. The van der Waals surface area contributed by atoms with E-state index >= 15 is 0 Å². The zero-order valence-electron chi connectivity index (χ0n) is 24.4. The fraction of sp³-hybridized carbons (Fsp3) is 0.533. The molecule has 1 amide bonds. The number of nitrogens with zero attached hydrogens (tertiary/aromatic N) is 5. The van der Waals surface area contributed by atoms with E-state index in [1.807, 2.05) is 19.1 Å². The Morgan fingerprint density at radius 3 is 2.34 bits per heavy atom. The van der Waals surface area contributed by atoms with E-state index in [2.05, 4.69) is 27.5 Å². The van der Waals surface area contributed by atoms with Crippen LogP contribution >= 0.6 is 0 Å². The Morgan fingerprint density at radius 2 is 1.73 bits per heavy atom. The highest BCUT2D eigenvalue weighted by Crippen LogP contribution is 2.43. The van der Waals surface area contributed by atoms with Crippen molar-refractivity contribution in [3.8, 4) is 0 Å². The highest BCUT2D eigenvalue weighted by atomic mass is 19.4. The van der Waals surface area contributed by atoms with Crippen molar-refractivity contribution in [1.82, 2.24) is 20.6 Å². The van der Waals surface area contributed by atoms with E-state index in [1.54, 1.807) is 9.80 Å². The number of H-pyrrole nitrogens is 1. The lowest BCUT2D eigenvalue weighted by atomic mass is 9.95. The molecule has 0 fully saturated rings. The van der Waals surface area contributed by atoms with Crippen LogP contribution in [0.1, 0.15) is 85.4 Å². The van der Waals surface area contributed by atoms with Gasteiger partial charge in [0.1, 0.15) is 0 Å². The van der Waals surface area contributed by atoms with Gasteiger partial charge in [0, 0.05) is 13.1 Å². The van der Waals surface area contributed by atoms with E-state index in [-0.39, 0.29) is 36.6 Å². The zero-order valence-corrected chi connectivity index (χ0v) is 24.4. The summed E-state index contributed by atoms with van der Waals surface area (Å²) in [5.41, 5.74) is 0.475. The second-order valence-electron chi connectivity index (χ2n) is 11.6. The number of hydrogen-bond donors (Lipinski definition) is 1. The van der Waals surface area contributed by atoms with E-state index in [1.165, 1.54) is 0 Å². The minimum Gasteiger partial charge on any atom is -0.449 e. The van der Waals surface area contributed by atoms with E-state index in [4.69, 9.17) is 4.74 Å². The van der Waals surface area contributed by atoms with Crippen molar-refractivity contribution in [3.05, 3.63) is 63.7 Å². The van der Waals surface area contributed by atoms with Gasteiger partial charge in [-0.05, 0) is 96.2 Å². The minimum atomic E-state index is -4.99. The Labute approximate surface area is 250 Å². The van der Waals surface area contributed by atoms with Crippen LogP contribution in [0.25, 0.3) is 0 Å². The molecule has 14 heteroatoms. The molecular formula is C30H34F6N6O2. The molecule has 1 aromatic heterocycles. The molecule has 238 valence electrons. The first kappa shape index (κ1) is 31.6. The van der Waals surface area contributed by atoms with Crippen LogP contribution in [0.3, 0.4) is 0 Å². The molecular weight excluding hydrogens is 590 g/mol. The lowest BCUT2D eigenvalue weighted by molar-refractivity contribution is -0.143. The van der Waals surface area contributed by atoms with Gasteiger partial charge in [0.05, 0.1) is 29.5 Å². The van der Waals surface area contributed by atoms with Crippen molar-refractivity contribution in [1.29, 1.82) is 0 Å². The number of halogens is 6. The van der Waals surface area contributed by atoms with Gasteiger partial charge in [0.2, 0.25) is 0 Å². The number of carbonyl (C=O) groups excluding carboxylic acids is 1. The first-order chi connectivity index (χ1) is 20.8. The molecule has 8 nitrogen and oxygen atoms in total. The van der Waals surface area contributed by atoms with Gasteiger partial charge >= 0.3 is 18.4 Å². The summed E-state index contributed by atoms with van der Waals surface area (Å²) in [5.74, 6) is 0.197. The van der Waals surface area contributed by atoms with Crippen LogP contribution in [0.5, 0.6) is 0 Å². The summed E-state index contributed by atoms with van der Waals surface area (Å²) in [4.78, 5) is 16.6. The SMILES string of the molecule is CCCC(C)COC(=O)N1CCCC(N(Cc2cc(C(F)(F)F)cc(C(F)(F)F)c2)c2nn[nH]n2)c2cc3c(cc21)CCC3. The number of anilines is 2. The monoisotopic (exact) mass is 624 g/mol. The largest absolute Gasteiger partial charge is 0.449 e. The first-order valence-electron chi connectivity index (χ1n) is 14.7. The highest BCUT2D eigenvalue weighted by Gasteiger charge is 2.38. The van der Waals surface area contributed by atoms with E-state index < -0.39 is 35.6 Å². The van der Waals surface area contributed by atoms with Gasteiger partial charge in [-0.15, -0.1) is 5.10 Å². The van der Waals surface area contributed by atoms with Crippen LogP contribution in [0, 0.1) is 5.92 Å². The van der Waals surface area contributed by atoms with E-state index in [0.29, 0.717) is 42.8 Å². The molecule has 2 aliphatic rings. The first-order valence-corrected chi connectivity index (χ1v) is 14.7. The number of ether oxygens (including phenoxy) is 1. The second kappa shape index (κ2) is 12.6. The van der Waals surface area contributed by atoms with Crippen LogP contribution in [-0.2, 0) is 36.5 Å². The average Bonchev–Trinajstić information content (AvgIpc) is 3.62. The normalized spacial score (nSPS) is 17.5. The molecule has 0 radical (unpaired) electrons. The lowest BCUT2D eigenvalue weighted by Crippen LogP contribution is -2.34. The number of rotatable bonds is 8. The summed E-state index contributed by atoms with van der Waals surface area (Å²) in [6.45, 7) is 4.29. The van der Waals surface area contributed by atoms with Gasteiger partial charge < -0.3 is 9.64 Å². The number of alkyl halides is 6. The molecule has 2 aromatic carbocycles. The van der Waals surface area contributed by atoms with Gasteiger partial charge in [-0.1, -0.05) is 31.4 Å². The van der Waals surface area contributed by atoms with Gasteiger partial charge in [-0.25, -0.2) is 4.79 Å². The van der Waals surface area contributed by atoms with Crippen molar-refractivity contribution in [2.75, 3.05) is 23.0 Å². The molecule has 2 heterocycles. The number of nitrogens with one attached hydrogen (secondary N) is 1. The standard InChI is InChI=1S/C30H34F6N6O2/c1-3-6-18(2)17-44-28(43)41-10-5-9-25(24-13-20-7-4-8-21(20)14-26(24)41)42(27-37-39-40-38-27)16-19-11-22(29(31,32)33)15-23(12-19)30(34,35)36/h11-15,18,25H,3-10,16-17H2,1-2H3,(H,37,38,39,40). The van der Waals surface area contributed by atoms with Crippen molar-refractivity contribution < 1.29 is 35.9 Å². The van der Waals surface area contributed by atoms with Gasteiger partial charge in [0.15, 0.2) is 0 Å². The van der Waals surface area contributed by atoms with Gasteiger partial charge in [-0.3, -0.25) is 4.90 Å². The maximum atomic E-state index is 13.7. The Hall–Kier alpha value is -3.84. The van der Waals surface area contributed by atoms with Crippen molar-refractivity contribution in [3.63, 3.8) is 0 Å². The molecule has 44 heavy (non-hydrogen) atoms. The number of amides is 1. The third kappa shape index (κ3) is 6.94. The second-order valence-corrected chi connectivity index (χ2v) is 11.6. The number of fused-ring (bicyclic) bond motifs is 2. The summed E-state index contributed by atoms with van der Waals surface area (Å²) in [7, 11) is 0. The van der Waals surface area contributed by atoms with Gasteiger partial charge in [-0.2, -0.15) is 31.6 Å². The van der Waals surface area contributed by atoms with Crippen molar-refractivity contribution >= 4 is 17.7 Å². The molecule has 2 atom stereocenters. The molecule has 1 N–H and O–H groups in total. The molecule has 1 aliphatic carbocycles. The van der Waals surface area contributed by atoms with Crippen molar-refractivity contribution in [2.45, 2.75) is 83.7 Å². The highest BCUT2D eigenvalue weighted by molar-refractivity contribution is 5.89. The number of benzene rings is 2. The molecule has 0 saturated heterocycles. The number of aromatic nitrogens is 4. The van der Waals surface area contributed by atoms with Crippen LogP contribution < -0.4 is 9.80 Å². The average molecular weight is 625 g/mol. The topological polar surface area (TPSA) is 87.2 Å². The number of hydrogen-bond acceptors (Lipinski definition) is 6. The van der Waals surface area contributed by atoms with Crippen molar-refractivity contribution in [2.24, 2.45) is 5.92 Å².